The zero-order chi connectivity index (χ0) is 11.0. The molecule has 2 aromatic rings. The first-order valence-electron chi connectivity index (χ1n) is 4.27. The summed E-state index contributed by atoms with van der Waals surface area (Å²) in [5, 5.41) is 8.86. The first kappa shape index (κ1) is 9.38. The van der Waals surface area contributed by atoms with Gasteiger partial charge < -0.3 is 15.4 Å². The van der Waals surface area contributed by atoms with Crippen LogP contribution < -0.4 is 5.73 Å². The van der Waals surface area contributed by atoms with Gasteiger partial charge in [-0.15, -0.1) is 0 Å². The Morgan fingerprint density at radius 1 is 1.53 bits per heavy atom. The standard InChI is InChI=1S/C8H9N5O2/c1-4(8(14)15)13-3-12-5-6(9)10-2-11-7(5)13/h2-4H,1H3,(H,14,15)(H2,9,10,11). The van der Waals surface area contributed by atoms with Crippen LogP contribution in [0.5, 0.6) is 0 Å². The van der Waals surface area contributed by atoms with E-state index in [1.807, 2.05) is 0 Å². The molecule has 0 saturated carbocycles. The van der Waals surface area contributed by atoms with Crippen molar-refractivity contribution in [2.75, 3.05) is 5.73 Å². The number of hydrogen-bond acceptors (Lipinski definition) is 5. The molecule has 1 atom stereocenters. The van der Waals surface area contributed by atoms with Crippen molar-refractivity contribution in [3.8, 4) is 0 Å². The number of nitrogens with zero attached hydrogens (tertiary/aromatic N) is 4. The van der Waals surface area contributed by atoms with Crippen LogP contribution in [0.1, 0.15) is 13.0 Å². The molecule has 2 rings (SSSR count). The number of carboxylic acids is 1. The molecule has 0 aliphatic heterocycles. The van der Waals surface area contributed by atoms with Gasteiger partial charge >= 0.3 is 5.97 Å². The van der Waals surface area contributed by atoms with Crippen LogP contribution in [0.3, 0.4) is 0 Å². The number of carbonyl (C=O) groups is 1. The van der Waals surface area contributed by atoms with Crippen molar-refractivity contribution in [1.82, 2.24) is 19.5 Å². The zero-order valence-electron chi connectivity index (χ0n) is 7.95. The summed E-state index contributed by atoms with van der Waals surface area (Å²) >= 11 is 0. The third-order valence-corrected chi connectivity index (χ3v) is 2.16. The topological polar surface area (TPSA) is 107 Å². The van der Waals surface area contributed by atoms with Crippen molar-refractivity contribution < 1.29 is 9.90 Å². The van der Waals surface area contributed by atoms with Crippen LogP contribution in [-0.4, -0.2) is 30.6 Å². The van der Waals surface area contributed by atoms with Gasteiger partial charge in [0.05, 0.1) is 6.33 Å². The van der Waals surface area contributed by atoms with Gasteiger partial charge in [-0.05, 0) is 6.92 Å². The molecule has 78 valence electrons. The van der Waals surface area contributed by atoms with Gasteiger partial charge in [0.1, 0.15) is 17.9 Å². The van der Waals surface area contributed by atoms with E-state index < -0.39 is 12.0 Å². The Morgan fingerprint density at radius 2 is 2.27 bits per heavy atom. The minimum atomic E-state index is -0.952. The fourth-order valence-corrected chi connectivity index (χ4v) is 1.27. The Hall–Kier alpha value is -2.18. The van der Waals surface area contributed by atoms with Crippen LogP contribution in [0.25, 0.3) is 11.2 Å². The average molecular weight is 207 g/mol. The van der Waals surface area contributed by atoms with Crippen LogP contribution >= 0.6 is 0 Å². The fourth-order valence-electron chi connectivity index (χ4n) is 1.27. The molecule has 3 N–H and O–H groups in total. The number of aliphatic carboxylic acids is 1. The van der Waals surface area contributed by atoms with E-state index in [1.54, 1.807) is 6.92 Å². The maximum Gasteiger partial charge on any atom is 0.326 e. The molecule has 7 heteroatoms. The normalized spacial score (nSPS) is 12.9. The van der Waals surface area contributed by atoms with E-state index in [1.165, 1.54) is 17.2 Å². The molecule has 0 saturated heterocycles. The summed E-state index contributed by atoms with van der Waals surface area (Å²) < 4.78 is 1.44. The van der Waals surface area contributed by atoms with E-state index in [9.17, 15) is 4.79 Å². The summed E-state index contributed by atoms with van der Waals surface area (Å²) in [6, 6.07) is -0.732. The Morgan fingerprint density at radius 3 is 2.93 bits per heavy atom. The van der Waals surface area contributed by atoms with Crippen LogP contribution in [0.15, 0.2) is 12.7 Å². The molecular weight excluding hydrogens is 198 g/mol. The van der Waals surface area contributed by atoms with Crippen LogP contribution in [0.2, 0.25) is 0 Å². The average Bonchev–Trinajstić information content (AvgIpc) is 2.61. The van der Waals surface area contributed by atoms with E-state index in [2.05, 4.69) is 15.0 Å². The minimum absolute atomic E-state index is 0.247. The number of rotatable bonds is 2. The van der Waals surface area contributed by atoms with Crippen molar-refractivity contribution in [2.24, 2.45) is 0 Å². The number of fused-ring (bicyclic) bond motifs is 1. The molecule has 0 aliphatic rings. The summed E-state index contributed by atoms with van der Waals surface area (Å²) in [7, 11) is 0. The summed E-state index contributed by atoms with van der Waals surface area (Å²) in [4.78, 5) is 22.5. The first-order valence-corrected chi connectivity index (χ1v) is 4.27. The molecule has 2 aromatic heterocycles. The summed E-state index contributed by atoms with van der Waals surface area (Å²) in [5.74, 6) is -0.706. The van der Waals surface area contributed by atoms with Crippen molar-refractivity contribution >= 4 is 23.0 Å². The third-order valence-electron chi connectivity index (χ3n) is 2.16. The summed E-state index contributed by atoms with van der Waals surface area (Å²) in [6.45, 7) is 1.54. The maximum absolute atomic E-state index is 10.8. The molecular formula is C8H9N5O2. The smallest absolute Gasteiger partial charge is 0.326 e. The van der Waals surface area contributed by atoms with Crippen LogP contribution in [-0.2, 0) is 4.79 Å². The van der Waals surface area contributed by atoms with Crippen molar-refractivity contribution in [2.45, 2.75) is 13.0 Å². The van der Waals surface area contributed by atoms with Gasteiger partial charge in [0.2, 0.25) is 0 Å². The van der Waals surface area contributed by atoms with E-state index in [4.69, 9.17) is 10.8 Å². The monoisotopic (exact) mass is 207 g/mol. The van der Waals surface area contributed by atoms with E-state index >= 15 is 0 Å². The highest BCUT2D eigenvalue weighted by Crippen LogP contribution is 2.18. The number of hydrogen-bond donors (Lipinski definition) is 2. The van der Waals surface area contributed by atoms with Gasteiger partial charge in [-0.3, -0.25) is 0 Å². The number of aromatic nitrogens is 4. The lowest BCUT2D eigenvalue weighted by Gasteiger charge is -2.07. The Balaban J connectivity index is 2.64. The van der Waals surface area contributed by atoms with Crippen molar-refractivity contribution in [3.05, 3.63) is 12.7 Å². The lowest BCUT2D eigenvalue weighted by atomic mass is 10.3. The van der Waals surface area contributed by atoms with Gasteiger partial charge in [0, 0.05) is 0 Å². The molecule has 15 heavy (non-hydrogen) atoms. The highest BCUT2D eigenvalue weighted by atomic mass is 16.4. The number of carboxylic acid groups (broad SMARTS) is 1. The molecule has 0 amide bonds. The lowest BCUT2D eigenvalue weighted by Crippen LogP contribution is -2.15. The second-order valence-electron chi connectivity index (χ2n) is 3.10. The molecule has 0 bridgehead atoms. The number of anilines is 1. The molecule has 7 nitrogen and oxygen atoms in total. The Kier molecular flexibility index (Phi) is 2.00. The second-order valence-corrected chi connectivity index (χ2v) is 3.10. The molecule has 0 spiro atoms. The molecule has 1 unspecified atom stereocenters. The molecule has 0 aliphatic carbocycles. The number of nitrogen functional groups attached to an aromatic ring is 1. The lowest BCUT2D eigenvalue weighted by molar-refractivity contribution is -0.140. The Labute approximate surface area is 84.6 Å². The SMILES string of the molecule is CC(C(=O)O)n1cnc2c(N)ncnc21. The molecule has 0 radical (unpaired) electrons. The largest absolute Gasteiger partial charge is 0.480 e. The van der Waals surface area contributed by atoms with Gasteiger partial charge in [0.15, 0.2) is 11.5 Å². The van der Waals surface area contributed by atoms with E-state index in [-0.39, 0.29) is 5.82 Å². The fraction of sp³-hybridized carbons (Fsp3) is 0.250. The van der Waals surface area contributed by atoms with E-state index in [0.717, 1.165) is 0 Å². The van der Waals surface area contributed by atoms with E-state index in [0.29, 0.717) is 11.2 Å². The predicted octanol–water partition coefficient (Wildman–Crippen LogP) is 0.0541. The van der Waals surface area contributed by atoms with Gasteiger partial charge in [0.25, 0.3) is 0 Å². The molecule has 0 aromatic carbocycles. The minimum Gasteiger partial charge on any atom is -0.480 e. The first-order chi connectivity index (χ1) is 7.11. The van der Waals surface area contributed by atoms with Crippen LogP contribution in [0, 0.1) is 0 Å². The highest BCUT2D eigenvalue weighted by molar-refractivity contribution is 5.83. The molecule has 0 fully saturated rings. The third kappa shape index (κ3) is 1.37. The quantitative estimate of drug-likeness (QED) is 0.720. The predicted molar refractivity (Wildman–Crippen MR) is 52.1 cm³/mol. The second kappa shape index (κ2) is 3.19. The highest BCUT2D eigenvalue weighted by Gasteiger charge is 2.17. The number of imidazole rings is 1. The molecule has 2 heterocycles. The summed E-state index contributed by atoms with van der Waals surface area (Å²) in [6.07, 6.45) is 2.68. The van der Waals surface area contributed by atoms with Gasteiger partial charge in [-0.2, -0.15) is 0 Å². The van der Waals surface area contributed by atoms with Gasteiger partial charge in [-0.1, -0.05) is 0 Å². The van der Waals surface area contributed by atoms with Crippen molar-refractivity contribution in [1.29, 1.82) is 0 Å². The van der Waals surface area contributed by atoms with Gasteiger partial charge in [-0.25, -0.2) is 19.7 Å². The number of nitrogens with two attached hydrogens (primary N) is 1. The summed E-state index contributed by atoms with van der Waals surface area (Å²) in [5.41, 5.74) is 6.42. The zero-order valence-corrected chi connectivity index (χ0v) is 7.95. The van der Waals surface area contributed by atoms with Crippen molar-refractivity contribution in [3.63, 3.8) is 0 Å². The van der Waals surface area contributed by atoms with Crippen LogP contribution in [0.4, 0.5) is 5.82 Å². The maximum atomic E-state index is 10.8. The Bertz CT molecular complexity index is 521.